The summed E-state index contributed by atoms with van der Waals surface area (Å²) in [4.78, 5) is 3.29. The van der Waals surface area contributed by atoms with Crippen LogP contribution < -0.4 is 4.57 Å². The topological polar surface area (TPSA) is 39.9 Å². The van der Waals surface area contributed by atoms with Crippen LogP contribution in [0.5, 0.6) is 0 Å². The molecule has 21 heavy (non-hydrogen) atoms. The third-order valence-corrected chi connectivity index (χ3v) is 3.54. The lowest BCUT2D eigenvalue weighted by atomic mass is 10.2. The fourth-order valence-electron chi connectivity index (χ4n) is 2.53. The zero-order chi connectivity index (χ0) is 14.7. The third kappa shape index (κ3) is 2.88. The minimum atomic E-state index is -0.525. The van der Waals surface area contributed by atoms with Crippen LogP contribution in [0, 0.1) is 0 Å². The first kappa shape index (κ1) is 13.6. The highest BCUT2D eigenvalue weighted by molar-refractivity contribution is 5.71. The van der Waals surface area contributed by atoms with Gasteiger partial charge >= 0.3 is 0 Å². The monoisotopic (exact) mass is 279 g/mol. The molecule has 1 aromatic heterocycles. The van der Waals surface area contributed by atoms with Crippen LogP contribution in [0.1, 0.15) is 24.4 Å². The molecule has 2 N–H and O–H groups in total. The molecular formula is C18H19N2O+. The molecule has 3 heteroatoms. The number of benzene rings is 2. The Kier molecular flexibility index (Phi) is 3.84. The van der Waals surface area contributed by atoms with Crippen LogP contribution in [0.4, 0.5) is 0 Å². The minimum absolute atomic E-state index is 0.525. The fourth-order valence-corrected chi connectivity index (χ4v) is 2.53. The molecule has 0 radical (unpaired) electrons. The van der Waals surface area contributed by atoms with Crippen molar-refractivity contribution in [3.63, 3.8) is 0 Å². The zero-order valence-corrected chi connectivity index (χ0v) is 12.0. The summed E-state index contributed by atoms with van der Waals surface area (Å²) in [5, 5.41) is 9.95. The van der Waals surface area contributed by atoms with Gasteiger partial charge in [0.2, 0.25) is 0 Å². The van der Waals surface area contributed by atoms with Crippen molar-refractivity contribution in [1.29, 1.82) is 0 Å². The van der Waals surface area contributed by atoms with E-state index in [-0.39, 0.29) is 0 Å². The van der Waals surface area contributed by atoms with Crippen molar-refractivity contribution in [2.75, 3.05) is 0 Å². The summed E-state index contributed by atoms with van der Waals surface area (Å²) >= 11 is 0. The molecule has 1 atom stereocenters. The van der Waals surface area contributed by atoms with Crippen molar-refractivity contribution in [2.24, 2.45) is 0 Å². The van der Waals surface area contributed by atoms with Gasteiger partial charge < -0.3 is 5.11 Å². The fraction of sp³-hybridized carbons (Fsp3) is 0.167. The van der Waals surface area contributed by atoms with Gasteiger partial charge in [-0.25, -0.2) is 9.55 Å². The van der Waals surface area contributed by atoms with Crippen LogP contribution in [0.15, 0.2) is 60.7 Å². The first-order chi connectivity index (χ1) is 10.3. The number of para-hydroxylation sites is 2. The van der Waals surface area contributed by atoms with Crippen molar-refractivity contribution in [1.82, 2.24) is 4.98 Å². The Morgan fingerprint density at radius 3 is 2.57 bits per heavy atom. The van der Waals surface area contributed by atoms with E-state index in [0.29, 0.717) is 0 Å². The number of nitrogens with zero attached hydrogens (tertiary/aromatic N) is 1. The maximum atomic E-state index is 9.95. The van der Waals surface area contributed by atoms with Crippen LogP contribution in [-0.4, -0.2) is 10.1 Å². The number of H-pyrrole nitrogens is 1. The number of allylic oxidation sites excluding steroid dienone is 1. The highest BCUT2D eigenvalue weighted by Crippen LogP contribution is 2.14. The average Bonchev–Trinajstić information content (AvgIpc) is 2.88. The Balaban J connectivity index is 1.92. The van der Waals surface area contributed by atoms with E-state index in [2.05, 4.69) is 39.9 Å². The van der Waals surface area contributed by atoms with Gasteiger partial charge in [-0.1, -0.05) is 48.5 Å². The molecule has 0 spiro atoms. The van der Waals surface area contributed by atoms with E-state index in [4.69, 9.17) is 0 Å². The quantitative estimate of drug-likeness (QED) is 0.707. The van der Waals surface area contributed by atoms with E-state index in [9.17, 15) is 5.11 Å². The van der Waals surface area contributed by atoms with Crippen LogP contribution in [0.2, 0.25) is 0 Å². The summed E-state index contributed by atoms with van der Waals surface area (Å²) in [6.07, 6.45) is 3.68. The Labute approximate surface area is 124 Å². The summed E-state index contributed by atoms with van der Waals surface area (Å²) in [7, 11) is 0. The standard InChI is InChI=1S/C18H18N2O/c1-14(21)18-19-16-11-5-6-12-17(16)20(18)13-7-10-15-8-3-2-4-9-15/h2-12,14,21H,13H2,1H3/p+1. The number of imidazole rings is 1. The average molecular weight is 279 g/mol. The molecule has 3 rings (SSSR count). The first-order valence-electron chi connectivity index (χ1n) is 7.16. The molecule has 0 saturated carbocycles. The highest BCUT2D eigenvalue weighted by atomic mass is 16.3. The lowest BCUT2D eigenvalue weighted by Crippen LogP contribution is -2.37. The zero-order valence-electron chi connectivity index (χ0n) is 12.0. The molecule has 0 fully saturated rings. The van der Waals surface area contributed by atoms with Crippen LogP contribution in [-0.2, 0) is 6.54 Å². The Morgan fingerprint density at radius 2 is 1.81 bits per heavy atom. The van der Waals surface area contributed by atoms with E-state index in [1.807, 2.05) is 36.4 Å². The van der Waals surface area contributed by atoms with Gasteiger partial charge in [-0.3, -0.25) is 0 Å². The molecule has 3 nitrogen and oxygen atoms in total. The van der Waals surface area contributed by atoms with Crippen molar-refractivity contribution in [3.8, 4) is 0 Å². The summed E-state index contributed by atoms with van der Waals surface area (Å²) < 4.78 is 2.11. The summed E-state index contributed by atoms with van der Waals surface area (Å²) in [5.41, 5.74) is 3.32. The summed E-state index contributed by atoms with van der Waals surface area (Å²) in [6, 6.07) is 18.3. The molecule has 1 heterocycles. The number of hydrogen-bond acceptors (Lipinski definition) is 1. The lowest BCUT2D eigenvalue weighted by Gasteiger charge is -2.01. The third-order valence-electron chi connectivity index (χ3n) is 3.54. The number of aromatic nitrogens is 2. The SMILES string of the molecule is CC(O)c1[nH]c2ccccc2[n+]1CC=Cc1ccccc1. The number of hydrogen-bond donors (Lipinski definition) is 2. The Bertz CT molecular complexity index is 757. The van der Waals surface area contributed by atoms with Gasteiger partial charge in [0, 0.05) is 0 Å². The van der Waals surface area contributed by atoms with Crippen molar-refractivity contribution < 1.29 is 9.67 Å². The maximum Gasteiger partial charge on any atom is 0.284 e. The predicted octanol–water partition coefficient (Wildman–Crippen LogP) is 3.22. The largest absolute Gasteiger partial charge is 0.381 e. The van der Waals surface area contributed by atoms with Gasteiger partial charge in [0.15, 0.2) is 17.1 Å². The van der Waals surface area contributed by atoms with Crippen LogP contribution in [0.3, 0.4) is 0 Å². The second-order valence-electron chi connectivity index (χ2n) is 5.13. The molecule has 0 saturated heterocycles. The second-order valence-corrected chi connectivity index (χ2v) is 5.13. The van der Waals surface area contributed by atoms with Crippen molar-refractivity contribution in [2.45, 2.75) is 19.6 Å². The number of nitrogens with one attached hydrogen (secondary N) is 1. The first-order valence-corrected chi connectivity index (χ1v) is 7.16. The Morgan fingerprint density at radius 1 is 1.10 bits per heavy atom. The lowest BCUT2D eigenvalue weighted by molar-refractivity contribution is -0.672. The molecule has 0 amide bonds. The van der Waals surface area contributed by atoms with E-state index < -0.39 is 6.10 Å². The predicted molar refractivity (Wildman–Crippen MR) is 84.6 cm³/mol. The molecule has 0 bridgehead atoms. The number of rotatable bonds is 4. The Hall–Kier alpha value is -2.39. The summed E-state index contributed by atoms with van der Waals surface area (Å²) in [6.45, 7) is 2.50. The van der Waals surface area contributed by atoms with Gasteiger partial charge in [0.1, 0.15) is 6.54 Å². The van der Waals surface area contributed by atoms with Gasteiger partial charge in [0.25, 0.3) is 5.82 Å². The van der Waals surface area contributed by atoms with Gasteiger partial charge in [-0.05, 0) is 30.7 Å². The molecule has 0 aliphatic rings. The smallest absolute Gasteiger partial charge is 0.284 e. The molecule has 1 unspecified atom stereocenters. The highest BCUT2D eigenvalue weighted by Gasteiger charge is 2.20. The van der Waals surface area contributed by atoms with E-state index in [0.717, 1.165) is 23.4 Å². The molecular weight excluding hydrogens is 260 g/mol. The van der Waals surface area contributed by atoms with E-state index in [1.165, 1.54) is 5.56 Å². The molecule has 0 aliphatic carbocycles. The number of aliphatic hydroxyl groups is 1. The number of fused-ring (bicyclic) bond motifs is 1. The minimum Gasteiger partial charge on any atom is -0.381 e. The van der Waals surface area contributed by atoms with Crippen LogP contribution >= 0.6 is 0 Å². The molecule has 0 aliphatic heterocycles. The normalized spacial score (nSPS) is 13.0. The molecule has 2 aromatic carbocycles. The van der Waals surface area contributed by atoms with Gasteiger partial charge in [-0.15, -0.1) is 0 Å². The maximum absolute atomic E-state index is 9.95. The molecule has 3 aromatic rings. The van der Waals surface area contributed by atoms with E-state index >= 15 is 0 Å². The van der Waals surface area contributed by atoms with E-state index in [1.54, 1.807) is 6.92 Å². The molecule has 106 valence electrons. The van der Waals surface area contributed by atoms with Gasteiger partial charge in [-0.2, -0.15) is 0 Å². The van der Waals surface area contributed by atoms with Crippen molar-refractivity contribution in [3.05, 3.63) is 72.1 Å². The van der Waals surface area contributed by atoms with Crippen LogP contribution in [0.25, 0.3) is 17.1 Å². The number of aliphatic hydroxyl groups excluding tert-OH is 1. The van der Waals surface area contributed by atoms with Crippen molar-refractivity contribution >= 4 is 17.1 Å². The number of aromatic amines is 1. The second kappa shape index (κ2) is 5.94. The summed E-state index contributed by atoms with van der Waals surface area (Å²) in [5.74, 6) is 0.828. The van der Waals surface area contributed by atoms with Gasteiger partial charge in [0.05, 0.1) is 0 Å².